The predicted octanol–water partition coefficient (Wildman–Crippen LogP) is -1.96. The largest absolute Gasteiger partial charge is 0.391 e. The van der Waals surface area contributed by atoms with Crippen LogP contribution in [0, 0.1) is 0 Å². The SMILES string of the molecule is C[C@@H](O)[C@H](O)[C@](C)(O)C(=O)CO. The first kappa shape index (κ1) is 11.5. The molecule has 0 aromatic rings. The van der Waals surface area contributed by atoms with Crippen LogP contribution in [0.25, 0.3) is 0 Å². The number of carbonyl (C=O) groups excluding carboxylic acids is 1. The van der Waals surface area contributed by atoms with Crippen LogP contribution in [0.1, 0.15) is 13.8 Å². The summed E-state index contributed by atoms with van der Waals surface area (Å²) in [7, 11) is 0. The van der Waals surface area contributed by atoms with E-state index in [1.165, 1.54) is 6.92 Å². The van der Waals surface area contributed by atoms with Crippen molar-refractivity contribution in [3.05, 3.63) is 0 Å². The van der Waals surface area contributed by atoms with E-state index in [1.54, 1.807) is 0 Å². The van der Waals surface area contributed by atoms with Crippen molar-refractivity contribution in [3.8, 4) is 0 Å². The van der Waals surface area contributed by atoms with Crippen LogP contribution in [-0.4, -0.2) is 50.6 Å². The number of Topliss-reactive ketones (excluding diaryl/α,β-unsaturated/α-hetero) is 1. The van der Waals surface area contributed by atoms with Gasteiger partial charge in [0.25, 0.3) is 0 Å². The molecule has 0 saturated carbocycles. The average molecular weight is 178 g/mol. The Morgan fingerprint density at radius 2 is 1.92 bits per heavy atom. The summed E-state index contributed by atoms with van der Waals surface area (Å²) in [5.74, 6) is -0.920. The van der Waals surface area contributed by atoms with Crippen molar-refractivity contribution in [2.24, 2.45) is 0 Å². The van der Waals surface area contributed by atoms with Gasteiger partial charge in [0.05, 0.1) is 6.10 Å². The van der Waals surface area contributed by atoms with Crippen molar-refractivity contribution in [1.29, 1.82) is 0 Å². The zero-order valence-corrected chi connectivity index (χ0v) is 7.06. The van der Waals surface area contributed by atoms with Crippen LogP contribution in [0.2, 0.25) is 0 Å². The minimum absolute atomic E-state index is 0.864. The molecule has 5 nitrogen and oxygen atoms in total. The fourth-order valence-electron chi connectivity index (χ4n) is 0.795. The van der Waals surface area contributed by atoms with Crippen molar-refractivity contribution in [2.45, 2.75) is 31.7 Å². The van der Waals surface area contributed by atoms with Gasteiger partial charge >= 0.3 is 0 Å². The fraction of sp³-hybridized carbons (Fsp3) is 0.857. The predicted molar refractivity (Wildman–Crippen MR) is 40.4 cm³/mol. The Balaban J connectivity index is 4.48. The Kier molecular flexibility index (Phi) is 3.79. The number of carbonyl (C=O) groups is 1. The molecule has 3 atom stereocenters. The van der Waals surface area contributed by atoms with Crippen molar-refractivity contribution < 1.29 is 25.2 Å². The van der Waals surface area contributed by atoms with Crippen LogP contribution in [0.15, 0.2) is 0 Å². The van der Waals surface area contributed by atoms with E-state index in [-0.39, 0.29) is 0 Å². The number of ketones is 1. The Labute approximate surface area is 70.3 Å². The molecule has 0 aliphatic carbocycles. The minimum atomic E-state index is -2.09. The maximum absolute atomic E-state index is 10.8. The lowest BCUT2D eigenvalue weighted by molar-refractivity contribution is -0.159. The molecule has 0 bridgehead atoms. The molecule has 0 radical (unpaired) electrons. The molecule has 72 valence electrons. The van der Waals surface area contributed by atoms with Crippen LogP contribution in [0.3, 0.4) is 0 Å². The summed E-state index contributed by atoms with van der Waals surface area (Å²) in [5.41, 5.74) is -2.09. The number of hydrogen-bond donors (Lipinski definition) is 4. The van der Waals surface area contributed by atoms with E-state index < -0.39 is 30.2 Å². The maximum atomic E-state index is 10.8. The van der Waals surface area contributed by atoms with Crippen LogP contribution < -0.4 is 0 Å². The number of aliphatic hydroxyl groups is 4. The topological polar surface area (TPSA) is 98.0 Å². The monoisotopic (exact) mass is 178 g/mol. The lowest BCUT2D eigenvalue weighted by atomic mass is 9.91. The second kappa shape index (κ2) is 3.95. The summed E-state index contributed by atoms with van der Waals surface area (Å²) < 4.78 is 0. The second-order valence-electron chi connectivity index (χ2n) is 2.91. The molecule has 0 aromatic heterocycles. The third kappa shape index (κ3) is 2.25. The summed E-state index contributed by atoms with van der Waals surface area (Å²) in [5, 5.41) is 35.7. The molecule has 0 rings (SSSR count). The van der Waals surface area contributed by atoms with Gasteiger partial charge in [0.1, 0.15) is 12.7 Å². The molecule has 0 fully saturated rings. The number of rotatable bonds is 4. The Hall–Kier alpha value is -0.490. The molecule has 0 aliphatic rings. The molecule has 0 unspecified atom stereocenters. The minimum Gasteiger partial charge on any atom is -0.391 e. The van der Waals surface area contributed by atoms with E-state index in [0.29, 0.717) is 0 Å². The van der Waals surface area contributed by atoms with Crippen LogP contribution in [0.5, 0.6) is 0 Å². The molecule has 0 saturated heterocycles. The van der Waals surface area contributed by atoms with E-state index in [2.05, 4.69) is 0 Å². The molecule has 12 heavy (non-hydrogen) atoms. The maximum Gasteiger partial charge on any atom is 0.192 e. The lowest BCUT2D eigenvalue weighted by Crippen LogP contribution is -2.52. The van der Waals surface area contributed by atoms with Crippen molar-refractivity contribution in [2.75, 3.05) is 6.61 Å². The Morgan fingerprint density at radius 1 is 1.50 bits per heavy atom. The first-order valence-corrected chi connectivity index (χ1v) is 3.56. The molecule has 0 spiro atoms. The summed E-state index contributed by atoms with van der Waals surface area (Å²) in [6.07, 6.45) is -2.81. The summed E-state index contributed by atoms with van der Waals surface area (Å²) in [6, 6.07) is 0. The first-order chi connectivity index (χ1) is 5.34. The normalized spacial score (nSPS) is 21.2. The third-order valence-corrected chi connectivity index (χ3v) is 1.74. The third-order valence-electron chi connectivity index (χ3n) is 1.74. The van der Waals surface area contributed by atoms with Gasteiger partial charge in [-0.25, -0.2) is 0 Å². The van der Waals surface area contributed by atoms with E-state index in [1.807, 2.05) is 0 Å². The van der Waals surface area contributed by atoms with Gasteiger partial charge in [0.15, 0.2) is 11.4 Å². The molecule has 0 aliphatic heterocycles. The first-order valence-electron chi connectivity index (χ1n) is 3.56. The summed E-state index contributed by atoms with van der Waals surface area (Å²) >= 11 is 0. The van der Waals surface area contributed by atoms with Gasteiger partial charge in [0, 0.05) is 0 Å². The lowest BCUT2D eigenvalue weighted by Gasteiger charge is -2.28. The number of aliphatic hydroxyl groups excluding tert-OH is 3. The Morgan fingerprint density at radius 3 is 2.17 bits per heavy atom. The second-order valence-corrected chi connectivity index (χ2v) is 2.91. The highest BCUT2D eigenvalue weighted by molar-refractivity contribution is 5.88. The average Bonchev–Trinajstić information content (AvgIpc) is 2.01. The quantitative estimate of drug-likeness (QED) is 0.401. The van der Waals surface area contributed by atoms with Crippen molar-refractivity contribution in [3.63, 3.8) is 0 Å². The van der Waals surface area contributed by atoms with Gasteiger partial charge in [-0.2, -0.15) is 0 Å². The van der Waals surface area contributed by atoms with Gasteiger partial charge in [-0.3, -0.25) is 4.79 Å². The van der Waals surface area contributed by atoms with E-state index in [0.717, 1.165) is 6.92 Å². The molecule has 0 aromatic carbocycles. The van der Waals surface area contributed by atoms with Crippen molar-refractivity contribution in [1.82, 2.24) is 0 Å². The molecule has 0 heterocycles. The van der Waals surface area contributed by atoms with E-state index in [4.69, 9.17) is 15.3 Å². The standard InChI is InChI=1S/C7H14O5/c1-4(9)6(11)7(2,12)5(10)3-8/h4,6,8-9,11-12H,3H2,1-2H3/t4-,6+,7-/m1/s1. The molecule has 5 heteroatoms. The fourth-order valence-corrected chi connectivity index (χ4v) is 0.795. The van der Waals surface area contributed by atoms with Gasteiger partial charge < -0.3 is 20.4 Å². The molecular formula is C7H14O5. The van der Waals surface area contributed by atoms with Gasteiger partial charge in [-0.05, 0) is 13.8 Å². The Bertz CT molecular complexity index is 163. The summed E-state index contributed by atoms with van der Waals surface area (Å²) in [4.78, 5) is 10.8. The van der Waals surface area contributed by atoms with Crippen LogP contribution in [0.4, 0.5) is 0 Å². The van der Waals surface area contributed by atoms with E-state index in [9.17, 15) is 9.90 Å². The molecule has 0 amide bonds. The van der Waals surface area contributed by atoms with Gasteiger partial charge in [0.2, 0.25) is 0 Å². The zero-order chi connectivity index (χ0) is 9.94. The summed E-state index contributed by atoms with van der Waals surface area (Å²) in [6.45, 7) is 1.42. The van der Waals surface area contributed by atoms with Crippen LogP contribution in [-0.2, 0) is 4.79 Å². The zero-order valence-electron chi connectivity index (χ0n) is 7.06. The highest BCUT2D eigenvalue weighted by Gasteiger charge is 2.39. The molecule has 4 N–H and O–H groups in total. The van der Waals surface area contributed by atoms with Crippen molar-refractivity contribution >= 4 is 5.78 Å². The van der Waals surface area contributed by atoms with Crippen LogP contribution >= 0.6 is 0 Å². The highest BCUT2D eigenvalue weighted by atomic mass is 16.4. The van der Waals surface area contributed by atoms with Gasteiger partial charge in [-0.15, -0.1) is 0 Å². The number of hydrogen-bond acceptors (Lipinski definition) is 5. The van der Waals surface area contributed by atoms with Gasteiger partial charge in [-0.1, -0.05) is 0 Å². The molecular weight excluding hydrogens is 164 g/mol. The van der Waals surface area contributed by atoms with E-state index >= 15 is 0 Å². The highest BCUT2D eigenvalue weighted by Crippen LogP contribution is 2.14. The smallest absolute Gasteiger partial charge is 0.192 e.